The predicted molar refractivity (Wildman–Crippen MR) is 87.3 cm³/mol. The Morgan fingerprint density at radius 3 is 2.96 bits per heavy atom. The van der Waals surface area contributed by atoms with Crippen molar-refractivity contribution in [3.8, 4) is 5.75 Å². The van der Waals surface area contributed by atoms with Crippen molar-refractivity contribution in [2.24, 2.45) is 0 Å². The Hall–Kier alpha value is -1.85. The number of aromatic carboxylic acids is 1. The second-order valence-corrected chi connectivity index (χ2v) is 6.88. The first-order chi connectivity index (χ1) is 11.0. The van der Waals surface area contributed by atoms with E-state index in [0.717, 1.165) is 5.56 Å². The Kier molecular flexibility index (Phi) is 4.42. The van der Waals surface area contributed by atoms with E-state index in [4.69, 9.17) is 10.5 Å². The van der Waals surface area contributed by atoms with Gasteiger partial charge in [0.1, 0.15) is 17.6 Å². The van der Waals surface area contributed by atoms with Gasteiger partial charge in [-0.05, 0) is 24.3 Å². The van der Waals surface area contributed by atoms with Crippen LogP contribution >= 0.6 is 23.5 Å². The predicted octanol–water partition coefficient (Wildman–Crippen LogP) is 0.528. The van der Waals surface area contributed by atoms with Gasteiger partial charge >= 0.3 is 13.1 Å². The molecule has 120 valence electrons. The van der Waals surface area contributed by atoms with Crippen LogP contribution in [-0.4, -0.2) is 49.5 Å². The van der Waals surface area contributed by atoms with Crippen molar-refractivity contribution in [3.63, 3.8) is 0 Å². The zero-order chi connectivity index (χ0) is 16.6. The van der Waals surface area contributed by atoms with Gasteiger partial charge in [0.15, 0.2) is 0 Å². The standard InChI is InChI=1S/C12H13BN4O4S2/c1-22-7-3-2-6-4-8(23-12-16-15-5-17(12)14)13(20)21-10(6)9(7)11(18)19/h2-3,5,8,20H,4,14H2,1H3,(H,18,19)/t8-/m0/s1. The van der Waals surface area contributed by atoms with Crippen molar-refractivity contribution in [2.75, 3.05) is 12.1 Å². The number of nitrogens with zero attached hydrogens (tertiary/aromatic N) is 3. The van der Waals surface area contributed by atoms with Crippen LogP contribution in [0.15, 0.2) is 28.5 Å². The number of nitrogens with two attached hydrogens (primary N) is 1. The van der Waals surface area contributed by atoms with Crippen LogP contribution in [-0.2, 0) is 6.42 Å². The molecule has 0 amide bonds. The zero-order valence-corrected chi connectivity index (χ0v) is 13.7. The molecule has 1 atom stereocenters. The van der Waals surface area contributed by atoms with Gasteiger partial charge in [0, 0.05) is 4.90 Å². The van der Waals surface area contributed by atoms with E-state index in [9.17, 15) is 14.9 Å². The summed E-state index contributed by atoms with van der Waals surface area (Å²) in [7, 11) is -1.17. The fraction of sp³-hybridized carbons (Fsp3) is 0.250. The van der Waals surface area contributed by atoms with E-state index in [1.54, 1.807) is 12.3 Å². The number of fused-ring (bicyclic) bond motifs is 1. The first kappa shape index (κ1) is 16.0. The third-order valence-corrected chi connectivity index (χ3v) is 5.40. The van der Waals surface area contributed by atoms with Crippen LogP contribution in [0.25, 0.3) is 0 Å². The lowest BCUT2D eigenvalue weighted by Crippen LogP contribution is -2.41. The van der Waals surface area contributed by atoms with Crippen LogP contribution in [0, 0.1) is 0 Å². The van der Waals surface area contributed by atoms with Crippen LogP contribution in [0.3, 0.4) is 0 Å². The fourth-order valence-electron chi connectivity index (χ4n) is 2.34. The smallest absolute Gasteiger partial charge is 0.535 e. The maximum atomic E-state index is 11.5. The summed E-state index contributed by atoms with van der Waals surface area (Å²) in [4.78, 5) is 12.1. The first-order valence-corrected chi connectivity index (χ1v) is 8.71. The molecule has 0 radical (unpaired) electrons. The number of carbonyl (C=O) groups is 1. The number of hydrogen-bond acceptors (Lipinski definition) is 8. The average molecular weight is 352 g/mol. The van der Waals surface area contributed by atoms with Crippen LogP contribution in [0.2, 0.25) is 0 Å². The molecular formula is C12H13BN4O4S2. The van der Waals surface area contributed by atoms with E-state index in [2.05, 4.69) is 10.2 Å². The lowest BCUT2D eigenvalue weighted by molar-refractivity contribution is 0.0690. The molecule has 0 aliphatic carbocycles. The molecule has 3 rings (SSSR count). The summed E-state index contributed by atoms with van der Waals surface area (Å²) in [5, 5.41) is 27.3. The van der Waals surface area contributed by atoms with E-state index in [1.165, 1.54) is 34.5 Å². The van der Waals surface area contributed by atoms with Crippen LogP contribution in [0.1, 0.15) is 15.9 Å². The Morgan fingerprint density at radius 2 is 2.35 bits per heavy atom. The number of thioether (sulfide) groups is 2. The van der Waals surface area contributed by atoms with Crippen molar-refractivity contribution in [1.82, 2.24) is 14.9 Å². The number of hydrogen-bond donors (Lipinski definition) is 3. The van der Waals surface area contributed by atoms with Gasteiger partial charge < -0.3 is 20.6 Å². The second kappa shape index (κ2) is 6.34. The normalized spacial score (nSPS) is 16.8. The summed E-state index contributed by atoms with van der Waals surface area (Å²) < 4.78 is 6.77. The highest BCUT2D eigenvalue weighted by Gasteiger charge is 2.39. The molecule has 4 N–H and O–H groups in total. The second-order valence-electron chi connectivity index (χ2n) is 4.83. The molecule has 8 nitrogen and oxygen atoms in total. The topological polar surface area (TPSA) is 123 Å². The number of benzene rings is 1. The van der Waals surface area contributed by atoms with E-state index >= 15 is 0 Å². The number of carboxylic acids is 1. The minimum atomic E-state index is -1.17. The lowest BCUT2D eigenvalue weighted by atomic mass is 9.77. The molecule has 1 aromatic carbocycles. The van der Waals surface area contributed by atoms with Crippen LogP contribution in [0.5, 0.6) is 5.75 Å². The highest BCUT2D eigenvalue weighted by atomic mass is 32.2. The summed E-state index contributed by atoms with van der Waals surface area (Å²) in [6.07, 6.45) is 3.59. The van der Waals surface area contributed by atoms with Crippen LogP contribution < -0.4 is 10.5 Å². The van der Waals surface area contributed by atoms with E-state index in [-0.39, 0.29) is 16.5 Å². The molecule has 11 heteroatoms. The molecule has 0 saturated heterocycles. The molecule has 0 unspecified atom stereocenters. The van der Waals surface area contributed by atoms with Gasteiger partial charge in [0.2, 0.25) is 5.16 Å². The van der Waals surface area contributed by atoms with E-state index in [1.807, 2.05) is 6.07 Å². The third kappa shape index (κ3) is 2.99. The summed E-state index contributed by atoms with van der Waals surface area (Å²) in [6, 6.07) is 3.57. The van der Waals surface area contributed by atoms with Crippen LogP contribution in [0.4, 0.5) is 0 Å². The monoisotopic (exact) mass is 352 g/mol. The molecule has 0 fully saturated rings. The Bertz CT molecular complexity index is 757. The maximum absolute atomic E-state index is 11.5. The van der Waals surface area contributed by atoms with Gasteiger partial charge in [-0.15, -0.1) is 22.0 Å². The molecule has 1 aliphatic rings. The third-order valence-electron chi connectivity index (χ3n) is 3.41. The molecule has 0 spiro atoms. The summed E-state index contributed by atoms with van der Waals surface area (Å²) in [6.45, 7) is 0. The maximum Gasteiger partial charge on any atom is 0.537 e. The van der Waals surface area contributed by atoms with Crippen molar-refractivity contribution >= 4 is 36.6 Å². The van der Waals surface area contributed by atoms with Gasteiger partial charge in [-0.2, -0.15) is 0 Å². The SMILES string of the molecule is CSc1ccc2c(c1C(=O)O)OB(O)[C@@H](Sc1nncn1N)C2. The Balaban J connectivity index is 1.93. The largest absolute Gasteiger partial charge is 0.537 e. The van der Waals surface area contributed by atoms with Gasteiger partial charge in [0.05, 0.1) is 5.15 Å². The van der Waals surface area contributed by atoms with Gasteiger partial charge in [-0.25, -0.2) is 9.47 Å². The number of aromatic nitrogens is 3. The first-order valence-electron chi connectivity index (χ1n) is 6.61. The summed E-state index contributed by atoms with van der Waals surface area (Å²) in [5.74, 6) is 4.81. The quantitative estimate of drug-likeness (QED) is 0.410. The molecule has 2 heterocycles. The fourth-order valence-corrected chi connectivity index (χ4v) is 3.90. The highest BCUT2D eigenvalue weighted by molar-refractivity contribution is 8.01. The number of rotatable bonds is 4. The lowest BCUT2D eigenvalue weighted by Gasteiger charge is -2.28. The van der Waals surface area contributed by atoms with Gasteiger partial charge in [-0.3, -0.25) is 0 Å². The average Bonchev–Trinajstić information content (AvgIpc) is 2.92. The summed E-state index contributed by atoms with van der Waals surface area (Å²) >= 11 is 2.55. The van der Waals surface area contributed by atoms with Crippen molar-refractivity contribution in [3.05, 3.63) is 29.6 Å². The molecule has 0 bridgehead atoms. The molecule has 1 aromatic heterocycles. The van der Waals surface area contributed by atoms with Crippen molar-refractivity contribution in [2.45, 2.75) is 21.6 Å². The van der Waals surface area contributed by atoms with Crippen molar-refractivity contribution in [1.29, 1.82) is 0 Å². The summed E-state index contributed by atoms with van der Waals surface area (Å²) in [5.41, 5.74) is 0.811. The van der Waals surface area contributed by atoms with Gasteiger partial charge in [-0.1, -0.05) is 17.8 Å². The Morgan fingerprint density at radius 1 is 1.57 bits per heavy atom. The number of carboxylic acid groups (broad SMARTS) is 1. The zero-order valence-electron chi connectivity index (χ0n) is 12.0. The van der Waals surface area contributed by atoms with Gasteiger partial charge in [0.25, 0.3) is 0 Å². The van der Waals surface area contributed by atoms with E-state index < -0.39 is 13.1 Å². The molecular weight excluding hydrogens is 339 g/mol. The minimum Gasteiger partial charge on any atom is -0.535 e. The van der Waals surface area contributed by atoms with E-state index in [0.29, 0.717) is 16.5 Å². The minimum absolute atomic E-state index is 0.0829. The molecule has 0 saturated carbocycles. The molecule has 23 heavy (non-hydrogen) atoms. The molecule has 2 aromatic rings. The van der Waals surface area contributed by atoms with Crippen molar-refractivity contribution < 1.29 is 19.6 Å². The highest BCUT2D eigenvalue weighted by Crippen LogP contribution is 2.39. The number of nitrogen functional groups attached to an aromatic ring is 1. The Labute approximate surface area is 140 Å². The molecule has 1 aliphatic heterocycles.